The van der Waals surface area contributed by atoms with E-state index in [1.807, 2.05) is 4.90 Å². The van der Waals surface area contributed by atoms with Crippen LogP contribution in [0.25, 0.3) is 0 Å². The third-order valence-electron chi connectivity index (χ3n) is 3.39. The number of nitrogens with one attached hydrogen (secondary N) is 1. The van der Waals surface area contributed by atoms with E-state index >= 15 is 0 Å². The van der Waals surface area contributed by atoms with Crippen LogP contribution in [-0.4, -0.2) is 41.2 Å². The summed E-state index contributed by atoms with van der Waals surface area (Å²) in [5, 5.41) is 14.1. The lowest BCUT2D eigenvalue weighted by Crippen LogP contribution is -2.37. The molecule has 10 nitrogen and oxygen atoms in total. The van der Waals surface area contributed by atoms with E-state index in [9.17, 15) is 10.1 Å². The minimum absolute atomic E-state index is 0.0698. The molecule has 3 rings (SSSR count). The molecule has 0 aliphatic carbocycles. The molecule has 1 aliphatic rings. The van der Waals surface area contributed by atoms with Crippen LogP contribution < -0.4 is 16.0 Å². The van der Waals surface area contributed by atoms with Gasteiger partial charge < -0.3 is 25.1 Å². The molecule has 1 fully saturated rings. The lowest BCUT2D eigenvalue weighted by Gasteiger charge is -2.27. The topological polar surface area (TPSA) is 133 Å². The van der Waals surface area contributed by atoms with Crippen LogP contribution in [0.3, 0.4) is 0 Å². The van der Waals surface area contributed by atoms with Crippen molar-refractivity contribution >= 4 is 23.3 Å². The first-order valence-electron chi connectivity index (χ1n) is 7.06. The number of nitrogen functional groups attached to an aromatic ring is 1. The molecule has 2 aromatic rings. The van der Waals surface area contributed by atoms with Gasteiger partial charge in [0.05, 0.1) is 30.9 Å². The summed E-state index contributed by atoms with van der Waals surface area (Å²) < 4.78 is 10.5. The third-order valence-corrected chi connectivity index (χ3v) is 3.39. The number of anilines is 3. The minimum atomic E-state index is -0.594. The Bertz CT molecular complexity index is 684. The summed E-state index contributed by atoms with van der Waals surface area (Å²) >= 11 is 0. The minimum Gasteiger partial charge on any atom is -0.467 e. The molecule has 3 N–H and O–H groups in total. The molecule has 0 aromatic carbocycles. The molecule has 3 heterocycles. The zero-order chi connectivity index (χ0) is 16.2. The van der Waals surface area contributed by atoms with Gasteiger partial charge >= 0.3 is 5.69 Å². The normalized spacial score (nSPS) is 14.7. The van der Waals surface area contributed by atoms with Crippen LogP contribution in [-0.2, 0) is 11.3 Å². The van der Waals surface area contributed by atoms with Crippen molar-refractivity contribution in [3.05, 3.63) is 34.3 Å². The highest BCUT2D eigenvalue weighted by molar-refractivity contribution is 5.70. The van der Waals surface area contributed by atoms with Crippen LogP contribution in [0.4, 0.5) is 23.3 Å². The number of aromatic nitrogens is 2. The van der Waals surface area contributed by atoms with Gasteiger partial charge in [0.2, 0.25) is 17.6 Å². The first kappa shape index (κ1) is 15.0. The SMILES string of the molecule is Nc1nc(N2CCOCC2)nc(NCc2ccco2)c1[N+](=O)[O-]. The monoisotopic (exact) mass is 320 g/mol. The molecule has 0 spiro atoms. The maximum absolute atomic E-state index is 11.2. The summed E-state index contributed by atoms with van der Waals surface area (Å²) in [6.07, 6.45) is 1.53. The fourth-order valence-corrected chi connectivity index (χ4v) is 2.25. The quantitative estimate of drug-likeness (QED) is 0.611. The van der Waals surface area contributed by atoms with Crippen molar-refractivity contribution in [3.8, 4) is 0 Å². The van der Waals surface area contributed by atoms with Crippen LogP contribution in [0.15, 0.2) is 22.8 Å². The van der Waals surface area contributed by atoms with Gasteiger partial charge in [-0.2, -0.15) is 9.97 Å². The van der Waals surface area contributed by atoms with E-state index in [1.165, 1.54) is 6.26 Å². The summed E-state index contributed by atoms with van der Waals surface area (Å²) in [5.74, 6) is 0.872. The smallest absolute Gasteiger partial charge is 0.353 e. The van der Waals surface area contributed by atoms with Gasteiger partial charge in [-0.15, -0.1) is 0 Å². The molecule has 122 valence electrons. The van der Waals surface area contributed by atoms with E-state index in [1.54, 1.807) is 12.1 Å². The number of ether oxygens (including phenoxy) is 1. The molecule has 0 amide bonds. The van der Waals surface area contributed by atoms with E-state index in [-0.39, 0.29) is 23.9 Å². The average molecular weight is 320 g/mol. The van der Waals surface area contributed by atoms with Crippen molar-refractivity contribution in [2.45, 2.75) is 6.54 Å². The predicted molar refractivity (Wildman–Crippen MR) is 82.2 cm³/mol. The number of hydrogen-bond acceptors (Lipinski definition) is 9. The van der Waals surface area contributed by atoms with E-state index < -0.39 is 4.92 Å². The zero-order valence-electron chi connectivity index (χ0n) is 12.3. The first-order valence-corrected chi connectivity index (χ1v) is 7.06. The van der Waals surface area contributed by atoms with Gasteiger partial charge in [-0.3, -0.25) is 10.1 Å². The molecule has 0 bridgehead atoms. The second kappa shape index (κ2) is 6.48. The second-order valence-corrected chi connectivity index (χ2v) is 4.90. The Kier molecular flexibility index (Phi) is 4.24. The molecule has 10 heteroatoms. The highest BCUT2D eigenvalue weighted by Gasteiger charge is 2.25. The van der Waals surface area contributed by atoms with E-state index in [0.717, 1.165) is 0 Å². The molecule has 23 heavy (non-hydrogen) atoms. The van der Waals surface area contributed by atoms with Crippen LogP contribution in [0.1, 0.15) is 5.76 Å². The molecule has 0 atom stereocenters. The van der Waals surface area contributed by atoms with Gasteiger partial charge in [-0.05, 0) is 12.1 Å². The summed E-state index contributed by atoms with van der Waals surface area (Å²) in [4.78, 5) is 20.8. The number of furan rings is 1. The Morgan fingerprint density at radius 1 is 1.39 bits per heavy atom. The Balaban J connectivity index is 1.89. The summed E-state index contributed by atoms with van der Waals surface area (Å²) in [7, 11) is 0. The molecule has 0 radical (unpaired) electrons. The van der Waals surface area contributed by atoms with Crippen LogP contribution in [0, 0.1) is 10.1 Å². The maximum atomic E-state index is 11.2. The van der Waals surface area contributed by atoms with Crippen molar-refractivity contribution in [1.82, 2.24) is 9.97 Å². The lowest BCUT2D eigenvalue weighted by atomic mass is 10.4. The summed E-state index contributed by atoms with van der Waals surface area (Å²) in [5.41, 5.74) is 5.43. The number of hydrogen-bond donors (Lipinski definition) is 2. The maximum Gasteiger partial charge on any atom is 0.353 e. The Labute approximate surface area is 131 Å². The summed E-state index contributed by atoms with van der Waals surface area (Å²) in [6.45, 7) is 2.57. The third kappa shape index (κ3) is 3.31. The Morgan fingerprint density at radius 3 is 2.83 bits per heavy atom. The zero-order valence-corrected chi connectivity index (χ0v) is 12.3. The number of nitrogens with two attached hydrogens (primary N) is 1. The predicted octanol–water partition coefficient (Wildman–Crippen LogP) is 1.01. The molecule has 2 aromatic heterocycles. The largest absolute Gasteiger partial charge is 0.467 e. The van der Waals surface area contributed by atoms with Crippen molar-refractivity contribution in [2.24, 2.45) is 0 Å². The van der Waals surface area contributed by atoms with Gasteiger partial charge in [0.1, 0.15) is 5.76 Å². The standard InChI is InChI=1S/C13H16N6O4/c14-11-10(19(20)21)12(15-8-9-2-1-5-23-9)17-13(16-11)18-3-6-22-7-4-18/h1-2,5H,3-4,6-8H2,(H3,14,15,16,17). The molecule has 0 saturated carbocycles. The van der Waals surface area contributed by atoms with Crippen LogP contribution >= 0.6 is 0 Å². The van der Waals surface area contributed by atoms with Crippen LogP contribution in [0.2, 0.25) is 0 Å². The number of morpholine rings is 1. The molecule has 1 saturated heterocycles. The summed E-state index contributed by atoms with van der Waals surface area (Å²) in [6, 6.07) is 3.49. The van der Waals surface area contributed by atoms with E-state index in [4.69, 9.17) is 14.9 Å². The first-order chi connectivity index (χ1) is 11.1. The highest BCUT2D eigenvalue weighted by atomic mass is 16.6. The molecular formula is C13H16N6O4. The van der Waals surface area contributed by atoms with Crippen molar-refractivity contribution in [3.63, 3.8) is 0 Å². The van der Waals surface area contributed by atoms with E-state index in [0.29, 0.717) is 38.0 Å². The second-order valence-electron chi connectivity index (χ2n) is 4.90. The molecular weight excluding hydrogens is 304 g/mol. The fraction of sp³-hybridized carbons (Fsp3) is 0.385. The highest BCUT2D eigenvalue weighted by Crippen LogP contribution is 2.30. The Hall–Kier alpha value is -2.88. The van der Waals surface area contributed by atoms with Crippen molar-refractivity contribution < 1.29 is 14.1 Å². The van der Waals surface area contributed by atoms with Gasteiger partial charge in [0, 0.05) is 13.1 Å². The fourth-order valence-electron chi connectivity index (χ4n) is 2.25. The Morgan fingerprint density at radius 2 is 2.17 bits per heavy atom. The van der Waals surface area contributed by atoms with Crippen molar-refractivity contribution in [1.29, 1.82) is 0 Å². The van der Waals surface area contributed by atoms with E-state index in [2.05, 4.69) is 15.3 Å². The van der Waals surface area contributed by atoms with Gasteiger partial charge in [-0.1, -0.05) is 0 Å². The van der Waals surface area contributed by atoms with Gasteiger partial charge in [-0.25, -0.2) is 0 Å². The van der Waals surface area contributed by atoms with Gasteiger partial charge in [0.15, 0.2) is 0 Å². The van der Waals surface area contributed by atoms with Crippen LogP contribution in [0.5, 0.6) is 0 Å². The average Bonchev–Trinajstić information content (AvgIpc) is 3.06. The lowest BCUT2D eigenvalue weighted by molar-refractivity contribution is -0.383. The molecule has 0 unspecified atom stereocenters. The van der Waals surface area contributed by atoms with Gasteiger partial charge in [0.25, 0.3) is 0 Å². The number of rotatable bonds is 5. The van der Waals surface area contributed by atoms with Crippen molar-refractivity contribution in [2.75, 3.05) is 42.3 Å². The molecule has 1 aliphatic heterocycles. The number of nitro groups is 1. The number of nitrogens with zero attached hydrogens (tertiary/aromatic N) is 4.